The van der Waals surface area contributed by atoms with Gasteiger partial charge in [0.25, 0.3) is 5.91 Å². The number of nitrogens with two attached hydrogens (primary N) is 1. The second-order valence-electron chi connectivity index (χ2n) is 6.94. The van der Waals surface area contributed by atoms with Crippen LogP contribution in [0.1, 0.15) is 42.2 Å². The quantitative estimate of drug-likeness (QED) is 0.879. The Labute approximate surface area is 153 Å². The molecule has 6 nitrogen and oxygen atoms in total. The van der Waals surface area contributed by atoms with E-state index in [2.05, 4.69) is 24.9 Å². The number of β-amino-alcohol motifs (C(OH)–C–C–N with tert-alkyl or cyclic N) is 1. The number of hydrogen-bond donors (Lipinski definition) is 2. The van der Waals surface area contributed by atoms with Gasteiger partial charge in [0, 0.05) is 13.0 Å². The monoisotopic (exact) mass is 355 g/mol. The SMILES string of the molecule is CC(C)c1cccc(O[C@@H]2CCN(C(=O)c3cccc(N)n3)C[C@H]2O)c1. The first kappa shape index (κ1) is 18.2. The van der Waals surface area contributed by atoms with E-state index in [1.165, 1.54) is 5.56 Å². The van der Waals surface area contributed by atoms with Gasteiger partial charge in [0.05, 0.1) is 6.54 Å². The summed E-state index contributed by atoms with van der Waals surface area (Å²) in [7, 11) is 0. The van der Waals surface area contributed by atoms with Gasteiger partial charge in [-0.2, -0.15) is 0 Å². The summed E-state index contributed by atoms with van der Waals surface area (Å²) in [5, 5.41) is 10.5. The molecule has 2 aromatic rings. The lowest BCUT2D eigenvalue weighted by Gasteiger charge is -2.35. The minimum absolute atomic E-state index is 0.212. The van der Waals surface area contributed by atoms with E-state index in [1.807, 2.05) is 18.2 Å². The second-order valence-corrected chi connectivity index (χ2v) is 6.94. The van der Waals surface area contributed by atoms with Crippen molar-refractivity contribution in [2.75, 3.05) is 18.8 Å². The summed E-state index contributed by atoms with van der Waals surface area (Å²) in [6.07, 6.45) is -0.534. The normalized spacial score (nSPS) is 20.2. The zero-order valence-electron chi connectivity index (χ0n) is 15.1. The van der Waals surface area contributed by atoms with Crippen LogP contribution >= 0.6 is 0 Å². The third kappa shape index (κ3) is 4.14. The number of aromatic nitrogens is 1. The minimum Gasteiger partial charge on any atom is -0.488 e. The molecule has 1 fully saturated rings. The Morgan fingerprint density at radius 1 is 1.31 bits per heavy atom. The van der Waals surface area contributed by atoms with Crippen LogP contribution in [0.4, 0.5) is 5.82 Å². The number of benzene rings is 1. The van der Waals surface area contributed by atoms with Crippen LogP contribution < -0.4 is 10.5 Å². The first-order chi connectivity index (χ1) is 12.4. The van der Waals surface area contributed by atoms with Crippen molar-refractivity contribution in [3.05, 3.63) is 53.7 Å². The standard InChI is InChI=1S/C20H25N3O3/c1-13(2)14-5-3-6-15(11-14)26-18-9-10-23(12-17(18)24)20(25)16-7-4-8-19(21)22-16/h3-8,11,13,17-18,24H,9-10,12H2,1-2H3,(H2,21,22)/t17-,18-/m1/s1. The number of hydrogen-bond acceptors (Lipinski definition) is 5. The van der Waals surface area contributed by atoms with Crippen molar-refractivity contribution in [2.45, 2.75) is 38.4 Å². The summed E-state index contributed by atoms with van der Waals surface area (Å²) in [5.74, 6) is 1.24. The zero-order chi connectivity index (χ0) is 18.7. The molecule has 0 radical (unpaired) electrons. The number of amides is 1. The summed E-state index contributed by atoms with van der Waals surface area (Å²) < 4.78 is 5.99. The molecule has 2 heterocycles. The minimum atomic E-state index is -0.753. The highest BCUT2D eigenvalue weighted by molar-refractivity contribution is 5.92. The highest BCUT2D eigenvalue weighted by atomic mass is 16.5. The second kappa shape index (κ2) is 7.74. The molecule has 0 bridgehead atoms. The van der Waals surface area contributed by atoms with Gasteiger partial charge >= 0.3 is 0 Å². The van der Waals surface area contributed by atoms with E-state index < -0.39 is 6.10 Å². The van der Waals surface area contributed by atoms with Crippen LogP contribution in [0.2, 0.25) is 0 Å². The fourth-order valence-corrected chi connectivity index (χ4v) is 3.09. The van der Waals surface area contributed by atoms with Gasteiger partial charge in [-0.25, -0.2) is 4.98 Å². The number of nitrogens with zero attached hydrogens (tertiary/aromatic N) is 2. The highest BCUT2D eigenvalue weighted by Gasteiger charge is 2.32. The molecule has 3 N–H and O–H groups in total. The van der Waals surface area contributed by atoms with Gasteiger partial charge in [0.1, 0.15) is 29.5 Å². The van der Waals surface area contributed by atoms with Crippen molar-refractivity contribution in [1.29, 1.82) is 0 Å². The number of aliphatic hydroxyl groups is 1. The Morgan fingerprint density at radius 3 is 2.77 bits per heavy atom. The molecular weight excluding hydrogens is 330 g/mol. The maximum absolute atomic E-state index is 12.5. The molecule has 0 saturated carbocycles. The Balaban J connectivity index is 1.63. The van der Waals surface area contributed by atoms with Crippen LogP contribution in [0.15, 0.2) is 42.5 Å². The van der Waals surface area contributed by atoms with E-state index in [1.54, 1.807) is 23.1 Å². The molecule has 26 heavy (non-hydrogen) atoms. The van der Waals surface area contributed by atoms with Gasteiger partial charge in [-0.15, -0.1) is 0 Å². The summed E-state index contributed by atoms with van der Waals surface area (Å²) in [6.45, 7) is 4.97. The molecule has 2 atom stereocenters. The zero-order valence-corrected chi connectivity index (χ0v) is 15.1. The summed E-state index contributed by atoms with van der Waals surface area (Å²) in [5.41, 5.74) is 7.13. The van der Waals surface area contributed by atoms with E-state index in [9.17, 15) is 9.90 Å². The largest absolute Gasteiger partial charge is 0.488 e. The maximum atomic E-state index is 12.5. The number of anilines is 1. The number of carbonyl (C=O) groups excluding carboxylic acids is 1. The lowest BCUT2D eigenvalue weighted by molar-refractivity contribution is -0.0200. The predicted octanol–water partition coefficient (Wildman–Crippen LogP) is 2.44. The Morgan fingerprint density at radius 2 is 2.08 bits per heavy atom. The van der Waals surface area contributed by atoms with Crippen molar-refractivity contribution in [1.82, 2.24) is 9.88 Å². The molecule has 0 unspecified atom stereocenters. The van der Waals surface area contributed by atoms with Gasteiger partial charge < -0.3 is 20.5 Å². The van der Waals surface area contributed by atoms with Crippen molar-refractivity contribution in [2.24, 2.45) is 0 Å². The van der Waals surface area contributed by atoms with Gasteiger partial charge in [-0.1, -0.05) is 32.0 Å². The Kier molecular flexibility index (Phi) is 5.42. The molecule has 3 rings (SSSR count). The molecule has 0 spiro atoms. The van der Waals surface area contributed by atoms with Crippen molar-refractivity contribution >= 4 is 11.7 Å². The number of pyridine rings is 1. The summed E-state index contributed by atoms with van der Waals surface area (Å²) in [4.78, 5) is 18.2. The van der Waals surface area contributed by atoms with E-state index in [4.69, 9.17) is 10.5 Å². The van der Waals surface area contributed by atoms with Crippen molar-refractivity contribution < 1.29 is 14.6 Å². The van der Waals surface area contributed by atoms with Crippen LogP contribution in [0, 0.1) is 0 Å². The predicted molar refractivity (Wildman–Crippen MR) is 100 cm³/mol. The summed E-state index contributed by atoms with van der Waals surface area (Å²) in [6, 6.07) is 12.9. The van der Waals surface area contributed by atoms with E-state index in [-0.39, 0.29) is 18.6 Å². The number of ether oxygens (including phenoxy) is 1. The molecule has 1 amide bonds. The Hall–Kier alpha value is -2.60. The average Bonchev–Trinajstić information content (AvgIpc) is 2.63. The van der Waals surface area contributed by atoms with Crippen LogP contribution in [0.25, 0.3) is 0 Å². The van der Waals surface area contributed by atoms with Gasteiger partial charge in [0.15, 0.2) is 0 Å². The van der Waals surface area contributed by atoms with Crippen LogP contribution in [0.5, 0.6) is 5.75 Å². The maximum Gasteiger partial charge on any atom is 0.272 e. The van der Waals surface area contributed by atoms with Crippen LogP contribution in [-0.2, 0) is 0 Å². The smallest absolute Gasteiger partial charge is 0.272 e. The molecule has 1 aromatic carbocycles. The van der Waals surface area contributed by atoms with Gasteiger partial charge in [-0.3, -0.25) is 4.79 Å². The fourth-order valence-electron chi connectivity index (χ4n) is 3.09. The molecule has 0 aliphatic carbocycles. The van der Waals surface area contributed by atoms with Crippen molar-refractivity contribution in [3.8, 4) is 5.75 Å². The third-order valence-electron chi connectivity index (χ3n) is 4.61. The number of piperidine rings is 1. The average molecular weight is 355 g/mol. The molecule has 1 aromatic heterocycles. The number of carbonyl (C=O) groups is 1. The van der Waals surface area contributed by atoms with E-state index in [0.29, 0.717) is 30.4 Å². The number of likely N-dealkylation sites (tertiary alicyclic amines) is 1. The molecular formula is C20H25N3O3. The van der Waals surface area contributed by atoms with Crippen molar-refractivity contribution in [3.63, 3.8) is 0 Å². The van der Waals surface area contributed by atoms with E-state index >= 15 is 0 Å². The number of rotatable bonds is 4. The van der Waals surface area contributed by atoms with E-state index in [0.717, 1.165) is 5.75 Å². The first-order valence-electron chi connectivity index (χ1n) is 8.90. The highest BCUT2D eigenvalue weighted by Crippen LogP contribution is 2.24. The van der Waals surface area contributed by atoms with Crippen LogP contribution in [0.3, 0.4) is 0 Å². The summed E-state index contributed by atoms with van der Waals surface area (Å²) >= 11 is 0. The first-order valence-corrected chi connectivity index (χ1v) is 8.90. The lowest BCUT2D eigenvalue weighted by Crippen LogP contribution is -2.51. The van der Waals surface area contributed by atoms with Crippen LogP contribution in [-0.4, -0.2) is 46.2 Å². The van der Waals surface area contributed by atoms with Gasteiger partial charge in [-0.05, 0) is 35.7 Å². The fraction of sp³-hybridized carbons (Fsp3) is 0.400. The molecule has 1 aliphatic heterocycles. The molecule has 1 aliphatic rings. The topological polar surface area (TPSA) is 88.7 Å². The number of nitrogen functional groups attached to an aromatic ring is 1. The third-order valence-corrected chi connectivity index (χ3v) is 4.61. The Bertz CT molecular complexity index is 778. The lowest BCUT2D eigenvalue weighted by atomic mass is 10.0. The molecule has 138 valence electrons. The molecule has 6 heteroatoms. The number of aliphatic hydroxyl groups excluding tert-OH is 1. The van der Waals surface area contributed by atoms with Gasteiger partial charge in [0.2, 0.25) is 0 Å². The molecule has 1 saturated heterocycles.